The maximum Gasteiger partial charge on any atom is 0.126 e. The number of nitrogens with zero attached hydrogens (tertiary/aromatic N) is 1. The molecule has 0 unspecified atom stereocenters. The number of halogens is 1. The van der Waals surface area contributed by atoms with Crippen LogP contribution in [0.25, 0.3) is 10.9 Å². The lowest BCUT2D eigenvalue weighted by molar-refractivity contribution is 0.350. The van der Waals surface area contributed by atoms with Crippen molar-refractivity contribution in [3.05, 3.63) is 57.7 Å². The Morgan fingerprint density at radius 1 is 1.12 bits per heavy atom. The van der Waals surface area contributed by atoms with E-state index in [1.54, 1.807) is 11.3 Å². The van der Waals surface area contributed by atoms with Crippen LogP contribution >= 0.6 is 22.9 Å². The summed E-state index contributed by atoms with van der Waals surface area (Å²) in [6, 6.07) is 13.3. The molecule has 3 nitrogen and oxygen atoms in total. The highest BCUT2D eigenvalue weighted by atomic mass is 35.5. The van der Waals surface area contributed by atoms with E-state index in [1.807, 2.05) is 18.2 Å². The lowest BCUT2D eigenvalue weighted by atomic mass is 9.91. The molecule has 2 atom stereocenters. The molecule has 25 heavy (non-hydrogen) atoms. The van der Waals surface area contributed by atoms with Gasteiger partial charge in [-0.05, 0) is 66.3 Å². The Morgan fingerprint density at radius 3 is 2.92 bits per heavy atom. The maximum absolute atomic E-state index is 6.29. The fourth-order valence-corrected chi connectivity index (χ4v) is 4.45. The molecule has 1 fully saturated rings. The van der Waals surface area contributed by atoms with E-state index in [-0.39, 0.29) is 0 Å². The van der Waals surface area contributed by atoms with Crippen molar-refractivity contribution >= 4 is 39.7 Å². The zero-order valence-electron chi connectivity index (χ0n) is 14.0. The standard InChI is InChI=1S/C20H22ClN3S/c21-18-6-1-3-15-7-8-19(24-20(15)18)23-17-5-2-4-16(11-17)22-12-14-9-10-25-13-14/h1,3,6-10,13,16-17,22H,2,4-5,11-12H2,(H,23,24)/t16-,17-/m0/s1. The summed E-state index contributed by atoms with van der Waals surface area (Å²) in [5.41, 5.74) is 2.25. The van der Waals surface area contributed by atoms with E-state index in [9.17, 15) is 0 Å². The van der Waals surface area contributed by atoms with E-state index in [0.717, 1.165) is 29.7 Å². The molecule has 0 bridgehead atoms. The van der Waals surface area contributed by atoms with Crippen LogP contribution in [-0.2, 0) is 6.54 Å². The van der Waals surface area contributed by atoms with E-state index in [1.165, 1.54) is 24.8 Å². The molecule has 2 aromatic heterocycles. The molecule has 1 aliphatic carbocycles. The van der Waals surface area contributed by atoms with Gasteiger partial charge in [-0.1, -0.05) is 23.7 Å². The number of nitrogens with one attached hydrogen (secondary N) is 2. The number of benzene rings is 1. The van der Waals surface area contributed by atoms with E-state index in [2.05, 4.69) is 39.6 Å². The van der Waals surface area contributed by atoms with Gasteiger partial charge < -0.3 is 10.6 Å². The Bertz CT molecular complexity index is 834. The third-order valence-corrected chi connectivity index (χ3v) is 5.91. The molecule has 130 valence electrons. The van der Waals surface area contributed by atoms with Gasteiger partial charge in [-0.15, -0.1) is 0 Å². The molecular formula is C20H22ClN3S. The van der Waals surface area contributed by atoms with Crippen molar-refractivity contribution in [3.63, 3.8) is 0 Å². The summed E-state index contributed by atoms with van der Waals surface area (Å²) in [7, 11) is 0. The molecule has 2 heterocycles. The van der Waals surface area contributed by atoms with Crippen molar-refractivity contribution in [2.75, 3.05) is 5.32 Å². The molecule has 4 rings (SSSR count). The predicted octanol–water partition coefficient (Wildman–Crippen LogP) is 5.46. The topological polar surface area (TPSA) is 37.0 Å². The van der Waals surface area contributed by atoms with Gasteiger partial charge in [-0.2, -0.15) is 11.3 Å². The molecule has 0 radical (unpaired) electrons. The van der Waals surface area contributed by atoms with Crippen molar-refractivity contribution in [2.45, 2.75) is 44.3 Å². The Kier molecular flexibility index (Phi) is 5.20. The SMILES string of the molecule is Clc1cccc2ccc(N[C@H]3CCC[C@H](NCc4ccsc4)C3)nc12. The summed E-state index contributed by atoms with van der Waals surface area (Å²) in [5, 5.41) is 13.5. The Morgan fingerprint density at radius 2 is 2.04 bits per heavy atom. The average molecular weight is 372 g/mol. The normalized spacial score (nSPS) is 20.7. The fraction of sp³-hybridized carbons (Fsp3) is 0.350. The molecule has 3 aromatic rings. The van der Waals surface area contributed by atoms with Gasteiger partial charge in [0, 0.05) is 24.0 Å². The first-order valence-electron chi connectivity index (χ1n) is 8.84. The highest BCUT2D eigenvalue weighted by Gasteiger charge is 2.22. The molecule has 5 heteroatoms. The first kappa shape index (κ1) is 16.8. The van der Waals surface area contributed by atoms with Crippen LogP contribution in [0.5, 0.6) is 0 Å². The van der Waals surface area contributed by atoms with Crippen molar-refractivity contribution < 1.29 is 0 Å². The minimum absolute atomic E-state index is 0.459. The largest absolute Gasteiger partial charge is 0.367 e. The minimum atomic E-state index is 0.459. The fourth-order valence-electron chi connectivity index (χ4n) is 3.56. The second-order valence-electron chi connectivity index (χ2n) is 6.73. The van der Waals surface area contributed by atoms with Gasteiger partial charge in [0.25, 0.3) is 0 Å². The second kappa shape index (κ2) is 7.73. The zero-order valence-corrected chi connectivity index (χ0v) is 15.6. The zero-order chi connectivity index (χ0) is 17.1. The number of hydrogen-bond donors (Lipinski definition) is 2. The van der Waals surface area contributed by atoms with E-state index in [4.69, 9.17) is 16.6 Å². The summed E-state index contributed by atoms with van der Waals surface area (Å²) in [6.45, 7) is 0.963. The summed E-state index contributed by atoms with van der Waals surface area (Å²) >= 11 is 8.04. The average Bonchev–Trinajstić information content (AvgIpc) is 3.15. The quantitative estimate of drug-likeness (QED) is 0.625. The maximum atomic E-state index is 6.29. The van der Waals surface area contributed by atoms with Gasteiger partial charge >= 0.3 is 0 Å². The van der Waals surface area contributed by atoms with Crippen LogP contribution in [0.15, 0.2) is 47.2 Å². The number of hydrogen-bond acceptors (Lipinski definition) is 4. The highest BCUT2D eigenvalue weighted by Crippen LogP contribution is 2.26. The molecule has 0 aliphatic heterocycles. The Balaban J connectivity index is 1.39. The summed E-state index contributed by atoms with van der Waals surface area (Å²) in [6.07, 6.45) is 4.82. The van der Waals surface area contributed by atoms with Gasteiger partial charge in [-0.25, -0.2) is 4.98 Å². The number of pyridine rings is 1. The van der Waals surface area contributed by atoms with Crippen LogP contribution in [0.4, 0.5) is 5.82 Å². The molecule has 1 aromatic carbocycles. The third-order valence-electron chi connectivity index (χ3n) is 4.87. The minimum Gasteiger partial charge on any atom is -0.367 e. The number of fused-ring (bicyclic) bond motifs is 1. The van der Waals surface area contributed by atoms with Crippen molar-refractivity contribution in [1.82, 2.24) is 10.3 Å². The summed E-state index contributed by atoms with van der Waals surface area (Å²) in [5.74, 6) is 0.920. The molecule has 0 saturated heterocycles. The molecular weight excluding hydrogens is 350 g/mol. The number of thiophene rings is 1. The summed E-state index contributed by atoms with van der Waals surface area (Å²) in [4.78, 5) is 4.72. The van der Waals surface area contributed by atoms with Gasteiger partial charge in [0.1, 0.15) is 5.82 Å². The van der Waals surface area contributed by atoms with Gasteiger partial charge in [0.05, 0.1) is 10.5 Å². The van der Waals surface area contributed by atoms with Crippen molar-refractivity contribution in [2.24, 2.45) is 0 Å². The number of aromatic nitrogens is 1. The lowest BCUT2D eigenvalue weighted by Crippen LogP contribution is -2.38. The monoisotopic (exact) mass is 371 g/mol. The second-order valence-corrected chi connectivity index (χ2v) is 7.91. The van der Waals surface area contributed by atoms with Gasteiger partial charge in [0.2, 0.25) is 0 Å². The van der Waals surface area contributed by atoms with E-state index < -0.39 is 0 Å². The summed E-state index contributed by atoms with van der Waals surface area (Å²) < 4.78 is 0. The Hall–Kier alpha value is -1.62. The number of rotatable bonds is 5. The third kappa shape index (κ3) is 4.14. The van der Waals surface area contributed by atoms with Crippen LogP contribution in [0, 0.1) is 0 Å². The van der Waals surface area contributed by atoms with Crippen LogP contribution in [0.3, 0.4) is 0 Å². The van der Waals surface area contributed by atoms with Crippen LogP contribution in [0.1, 0.15) is 31.2 Å². The van der Waals surface area contributed by atoms with Gasteiger partial charge in [-0.3, -0.25) is 0 Å². The van der Waals surface area contributed by atoms with E-state index >= 15 is 0 Å². The first-order valence-corrected chi connectivity index (χ1v) is 10.2. The first-order chi connectivity index (χ1) is 12.3. The molecule has 2 N–H and O–H groups in total. The molecule has 0 spiro atoms. The van der Waals surface area contributed by atoms with Crippen molar-refractivity contribution in [3.8, 4) is 0 Å². The number of anilines is 1. The van der Waals surface area contributed by atoms with Gasteiger partial charge in [0.15, 0.2) is 0 Å². The van der Waals surface area contributed by atoms with Crippen LogP contribution < -0.4 is 10.6 Å². The van der Waals surface area contributed by atoms with Crippen LogP contribution in [0.2, 0.25) is 5.02 Å². The molecule has 1 aliphatic rings. The molecule has 0 amide bonds. The molecule has 1 saturated carbocycles. The number of para-hydroxylation sites is 1. The lowest BCUT2D eigenvalue weighted by Gasteiger charge is -2.30. The smallest absolute Gasteiger partial charge is 0.126 e. The Labute approximate surface area is 157 Å². The highest BCUT2D eigenvalue weighted by molar-refractivity contribution is 7.07. The van der Waals surface area contributed by atoms with Crippen LogP contribution in [-0.4, -0.2) is 17.1 Å². The predicted molar refractivity (Wildman–Crippen MR) is 108 cm³/mol. The van der Waals surface area contributed by atoms with Crippen molar-refractivity contribution in [1.29, 1.82) is 0 Å². The van der Waals surface area contributed by atoms with E-state index in [0.29, 0.717) is 17.1 Å².